The van der Waals surface area contributed by atoms with Crippen molar-refractivity contribution in [2.24, 2.45) is 4.99 Å². The highest BCUT2D eigenvalue weighted by Gasteiger charge is 2.03. The first-order chi connectivity index (χ1) is 10.1. The Morgan fingerprint density at radius 2 is 1.95 bits per heavy atom. The summed E-state index contributed by atoms with van der Waals surface area (Å²) in [4.78, 5) is 6.62. The van der Waals surface area contributed by atoms with Gasteiger partial charge in [0.25, 0.3) is 0 Å². The molecule has 0 aliphatic rings. The Labute approximate surface area is 150 Å². The van der Waals surface area contributed by atoms with Gasteiger partial charge in [-0.15, -0.1) is 35.3 Å². The molecule has 0 bridgehead atoms. The van der Waals surface area contributed by atoms with Crippen molar-refractivity contribution in [3.8, 4) is 5.75 Å². The number of nitrogens with zero attached hydrogens (tertiary/aromatic N) is 1. The van der Waals surface area contributed by atoms with Crippen LogP contribution in [0.3, 0.4) is 0 Å². The number of hydrogen-bond donors (Lipinski definition) is 3. The number of nitrogens with one attached hydrogen (secondary N) is 2. The fraction of sp³-hybridized carbons (Fsp3) is 0.267. The number of thiophene rings is 1. The molecule has 22 heavy (non-hydrogen) atoms. The van der Waals surface area contributed by atoms with E-state index in [-0.39, 0.29) is 29.7 Å². The van der Waals surface area contributed by atoms with Gasteiger partial charge in [0.05, 0.1) is 6.54 Å². The third-order valence-corrected chi connectivity index (χ3v) is 3.92. The quantitative estimate of drug-likeness (QED) is 0.392. The van der Waals surface area contributed by atoms with E-state index in [2.05, 4.69) is 34.7 Å². The summed E-state index contributed by atoms with van der Waals surface area (Å²) in [6, 6.07) is 8.48. The van der Waals surface area contributed by atoms with Crippen LogP contribution in [-0.4, -0.2) is 18.1 Å². The molecule has 2 aromatic rings. The Balaban J connectivity index is 0.00000242. The minimum atomic E-state index is -0.619. The molecule has 120 valence electrons. The first kappa shape index (κ1) is 18.7. The van der Waals surface area contributed by atoms with Crippen LogP contribution in [0.2, 0.25) is 0 Å². The summed E-state index contributed by atoms with van der Waals surface area (Å²) in [6.45, 7) is 3.20. The lowest BCUT2D eigenvalue weighted by Crippen LogP contribution is -2.36. The molecular formula is C15H19FIN3OS. The van der Waals surface area contributed by atoms with Crippen LogP contribution in [0, 0.1) is 12.7 Å². The molecule has 0 spiro atoms. The van der Waals surface area contributed by atoms with Crippen LogP contribution in [0.1, 0.15) is 15.3 Å². The number of hydrogen-bond acceptors (Lipinski definition) is 3. The molecule has 0 saturated carbocycles. The molecule has 0 atom stereocenters. The molecule has 1 aromatic heterocycles. The van der Waals surface area contributed by atoms with Crippen LogP contribution < -0.4 is 10.6 Å². The van der Waals surface area contributed by atoms with Gasteiger partial charge in [-0.1, -0.05) is 6.07 Å². The second kappa shape index (κ2) is 8.94. The fourth-order valence-corrected chi connectivity index (χ4v) is 2.65. The molecule has 3 N–H and O–H groups in total. The Morgan fingerprint density at radius 3 is 2.55 bits per heavy atom. The van der Waals surface area contributed by atoms with E-state index in [0.29, 0.717) is 19.0 Å². The Bertz CT molecular complexity index is 645. The zero-order valence-corrected chi connectivity index (χ0v) is 15.5. The topological polar surface area (TPSA) is 56.7 Å². The number of guanidine groups is 1. The number of rotatable bonds is 4. The van der Waals surface area contributed by atoms with Crippen LogP contribution in [0.5, 0.6) is 5.75 Å². The summed E-state index contributed by atoms with van der Waals surface area (Å²) in [6.07, 6.45) is 0. The smallest absolute Gasteiger partial charge is 0.191 e. The standard InChI is InChI=1S/C15H18FN3OS.HI/c1-10-3-5-12(21-10)9-19-15(17-2)18-8-11-4-6-14(20)13(16)7-11;/h3-7,20H,8-9H2,1-2H3,(H2,17,18,19);1H. The predicted octanol–water partition coefficient (Wildman–Crippen LogP) is 3.38. The zero-order valence-electron chi connectivity index (χ0n) is 12.4. The van der Waals surface area contributed by atoms with Gasteiger partial charge in [-0.25, -0.2) is 4.39 Å². The maximum Gasteiger partial charge on any atom is 0.191 e. The molecule has 0 unspecified atom stereocenters. The highest BCUT2D eigenvalue weighted by molar-refractivity contribution is 14.0. The minimum absolute atomic E-state index is 0. The van der Waals surface area contributed by atoms with E-state index in [1.807, 2.05) is 0 Å². The van der Waals surface area contributed by atoms with Gasteiger partial charge in [0.2, 0.25) is 0 Å². The highest BCUT2D eigenvalue weighted by Crippen LogP contribution is 2.16. The molecule has 0 aliphatic heterocycles. The molecule has 2 rings (SSSR count). The summed E-state index contributed by atoms with van der Waals surface area (Å²) in [5.41, 5.74) is 0.736. The largest absolute Gasteiger partial charge is 0.505 e. The van der Waals surface area contributed by atoms with Crippen molar-refractivity contribution >= 4 is 41.3 Å². The van der Waals surface area contributed by atoms with Gasteiger partial charge in [0.15, 0.2) is 17.5 Å². The van der Waals surface area contributed by atoms with Crippen LogP contribution in [0.4, 0.5) is 4.39 Å². The van der Waals surface area contributed by atoms with Crippen LogP contribution >= 0.6 is 35.3 Å². The summed E-state index contributed by atoms with van der Waals surface area (Å²) in [5, 5.41) is 15.5. The van der Waals surface area contributed by atoms with Crippen molar-refractivity contribution < 1.29 is 9.50 Å². The molecule has 0 fully saturated rings. The normalized spacial score (nSPS) is 11.0. The van der Waals surface area contributed by atoms with E-state index in [1.165, 1.54) is 21.9 Å². The summed E-state index contributed by atoms with van der Waals surface area (Å²) >= 11 is 1.74. The summed E-state index contributed by atoms with van der Waals surface area (Å²) in [5.74, 6) is -0.310. The lowest BCUT2D eigenvalue weighted by Gasteiger charge is -2.11. The zero-order chi connectivity index (χ0) is 15.2. The third kappa shape index (κ3) is 5.45. The predicted molar refractivity (Wildman–Crippen MR) is 99.6 cm³/mol. The van der Waals surface area contributed by atoms with E-state index in [4.69, 9.17) is 5.11 Å². The molecule has 1 heterocycles. The molecule has 1 aromatic carbocycles. The minimum Gasteiger partial charge on any atom is -0.505 e. The number of phenolic OH excluding ortho intramolecular Hbond substituents is 1. The molecule has 0 radical (unpaired) electrons. The molecule has 0 aliphatic carbocycles. The maximum absolute atomic E-state index is 13.2. The van der Waals surface area contributed by atoms with Gasteiger partial charge in [-0.3, -0.25) is 4.99 Å². The first-order valence-electron chi connectivity index (χ1n) is 6.55. The van der Waals surface area contributed by atoms with E-state index < -0.39 is 5.82 Å². The van der Waals surface area contributed by atoms with Gasteiger partial charge >= 0.3 is 0 Å². The lowest BCUT2D eigenvalue weighted by atomic mass is 10.2. The average Bonchev–Trinajstić information content (AvgIpc) is 2.88. The van der Waals surface area contributed by atoms with E-state index in [1.54, 1.807) is 24.5 Å². The van der Waals surface area contributed by atoms with Crippen LogP contribution in [0.15, 0.2) is 35.3 Å². The van der Waals surface area contributed by atoms with Crippen LogP contribution in [-0.2, 0) is 13.1 Å². The Kier molecular flexibility index (Phi) is 7.60. The number of phenols is 1. The van der Waals surface area contributed by atoms with Crippen molar-refractivity contribution in [2.45, 2.75) is 20.0 Å². The molecular weight excluding hydrogens is 416 g/mol. The van der Waals surface area contributed by atoms with E-state index in [0.717, 1.165) is 5.56 Å². The van der Waals surface area contributed by atoms with Gasteiger partial charge in [-0.05, 0) is 36.8 Å². The Morgan fingerprint density at radius 1 is 1.23 bits per heavy atom. The second-order valence-corrected chi connectivity index (χ2v) is 5.95. The number of aryl methyl sites for hydroxylation is 1. The average molecular weight is 435 g/mol. The number of aromatic hydroxyl groups is 1. The van der Waals surface area contributed by atoms with Gasteiger partial charge in [0.1, 0.15) is 0 Å². The molecule has 0 amide bonds. The van der Waals surface area contributed by atoms with Crippen molar-refractivity contribution in [1.29, 1.82) is 0 Å². The van der Waals surface area contributed by atoms with Crippen molar-refractivity contribution in [1.82, 2.24) is 10.6 Å². The van der Waals surface area contributed by atoms with E-state index in [9.17, 15) is 4.39 Å². The Hall–Kier alpha value is -1.35. The highest BCUT2D eigenvalue weighted by atomic mass is 127. The van der Waals surface area contributed by atoms with Crippen molar-refractivity contribution in [3.05, 3.63) is 51.5 Å². The number of aliphatic imine (C=N–C) groups is 1. The molecule has 7 heteroatoms. The van der Waals surface area contributed by atoms with Gasteiger partial charge in [-0.2, -0.15) is 0 Å². The third-order valence-electron chi connectivity index (χ3n) is 2.92. The number of halogens is 2. The summed E-state index contributed by atoms with van der Waals surface area (Å²) in [7, 11) is 1.69. The fourth-order valence-electron chi connectivity index (χ4n) is 1.82. The monoisotopic (exact) mass is 435 g/mol. The van der Waals surface area contributed by atoms with E-state index >= 15 is 0 Å². The van der Waals surface area contributed by atoms with Crippen LogP contribution in [0.25, 0.3) is 0 Å². The first-order valence-corrected chi connectivity index (χ1v) is 7.37. The van der Waals surface area contributed by atoms with Crippen molar-refractivity contribution in [2.75, 3.05) is 7.05 Å². The van der Waals surface area contributed by atoms with Gasteiger partial charge < -0.3 is 15.7 Å². The van der Waals surface area contributed by atoms with Gasteiger partial charge in [0, 0.05) is 23.3 Å². The SMILES string of the molecule is CN=C(NCc1ccc(O)c(F)c1)NCc1ccc(C)s1.I. The number of benzene rings is 1. The molecule has 4 nitrogen and oxygen atoms in total. The summed E-state index contributed by atoms with van der Waals surface area (Å²) < 4.78 is 13.2. The van der Waals surface area contributed by atoms with Crippen molar-refractivity contribution in [3.63, 3.8) is 0 Å². The lowest BCUT2D eigenvalue weighted by molar-refractivity contribution is 0.431. The second-order valence-electron chi connectivity index (χ2n) is 4.58. The molecule has 0 saturated heterocycles. The maximum atomic E-state index is 13.2.